The van der Waals surface area contributed by atoms with Crippen molar-refractivity contribution in [3.05, 3.63) is 12.0 Å². The Morgan fingerprint density at radius 2 is 2.24 bits per heavy atom. The molecule has 0 bridgehead atoms. The first-order valence-corrected chi connectivity index (χ1v) is 6.71. The third-order valence-electron chi connectivity index (χ3n) is 3.66. The largest absolute Gasteiger partial charge is 0.450 e. The van der Waals surface area contributed by atoms with Gasteiger partial charge in [0.25, 0.3) is 0 Å². The van der Waals surface area contributed by atoms with Gasteiger partial charge >= 0.3 is 6.08 Å². The molecule has 0 amide bonds. The molecule has 2 fully saturated rings. The Morgan fingerprint density at radius 3 is 2.94 bits per heavy atom. The summed E-state index contributed by atoms with van der Waals surface area (Å²) in [5, 5.41) is 3.40. The van der Waals surface area contributed by atoms with Crippen molar-refractivity contribution in [3.8, 4) is 6.08 Å². The van der Waals surface area contributed by atoms with Crippen molar-refractivity contribution in [3.63, 3.8) is 0 Å². The number of nitrogens with one attached hydrogen (secondary N) is 1. The molecule has 0 aromatic carbocycles. The Labute approximate surface area is 102 Å². The van der Waals surface area contributed by atoms with E-state index in [1.54, 1.807) is 6.26 Å². The first-order valence-electron chi connectivity index (χ1n) is 6.71. The predicted molar refractivity (Wildman–Crippen MR) is 63.8 cm³/mol. The topological polar surface area (TPSA) is 47.3 Å². The van der Waals surface area contributed by atoms with Gasteiger partial charge in [-0.1, -0.05) is 19.3 Å². The summed E-state index contributed by atoms with van der Waals surface area (Å²) >= 11 is 0. The highest BCUT2D eigenvalue weighted by molar-refractivity contribution is 5.00. The van der Waals surface area contributed by atoms with Crippen LogP contribution in [-0.4, -0.2) is 17.6 Å². The van der Waals surface area contributed by atoms with Gasteiger partial charge in [-0.15, -0.1) is 0 Å². The summed E-state index contributed by atoms with van der Waals surface area (Å²) in [5.41, 5.74) is 0.940. The number of hydrogen-bond acceptors (Lipinski definition) is 4. The fraction of sp³-hybridized carbons (Fsp3) is 0.769. The number of hydrogen-bond donors (Lipinski definition) is 1. The smallest absolute Gasteiger partial charge is 0.393 e. The molecule has 1 aromatic rings. The van der Waals surface area contributed by atoms with E-state index in [0.29, 0.717) is 12.1 Å². The van der Waals surface area contributed by atoms with E-state index >= 15 is 0 Å². The molecular weight excluding hydrogens is 216 g/mol. The lowest BCUT2D eigenvalue weighted by Gasteiger charge is -2.24. The number of ether oxygens (including phenoxy) is 1. The van der Waals surface area contributed by atoms with Crippen LogP contribution in [0.4, 0.5) is 0 Å². The standard InChI is InChI=1S/C13H20N2O2/c1-2-10(3-1)6-7-16-13-15-12(9-17-13)8-14-11-4-5-11/h9-11,14H,1-8H2. The molecule has 4 nitrogen and oxygen atoms in total. The molecule has 17 heavy (non-hydrogen) atoms. The Balaban J connectivity index is 1.36. The number of oxazole rings is 1. The van der Waals surface area contributed by atoms with Crippen LogP contribution in [0.25, 0.3) is 0 Å². The van der Waals surface area contributed by atoms with Crippen molar-refractivity contribution in [1.29, 1.82) is 0 Å². The van der Waals surface area contributed by atoms with Gasteiger partial charge in [0.15, 0.2) is 0 Å². The van der Waals surface area contributed by atoms with Gasteiger partial charge in [-0.2, -0.15) is 4.98 Å². The van der Waals surface area contributed by atoms with E-state index in [2.05, 4.69) is 10.3 Å². The van der Waals surface area contributed by atoms with Crippen LogP contribution in [0.2, 0.25) is 0 Å². The van der Waals surface area contributed by atoms with Gasteiger partial charge in [-0.25, -0.2) is 0 Å². The lowest BCUT2D eigenvalue weighted by molar-refractivity contribution is 0.183. The molecule has 0 aliphatic heterocycles. The molecule has 0 saturated heterocycles. The fourth-order valence-electron chi connectivity index (χ4n) is 2.07. The Morgan fingerprint density at radius 1 is 1.35 bits per heavy atom. The first kappa shape index (κ1) is 11.1. The molecular formula is C13H20N2O2. The second-order valence-electron chi connectivity index (χ2n) is 5.19. The average Bonchev–Trinajstić information content (AvgIpc) is 2.99. The highest BCUT2D eigenvalue weighted by Crippen LogP contribution is 2.29. The first-order chi connectivity index (χ1) is 8.40. The van der Waals surface area contributed by atoms with Gasteiger partial charge in [-0.05, 0) is 25.2 Å². The van der Waals surface area contributed by atoms with Crippen LogP contribution in [-0.2, 0) is 6.54 Å². The van der Waals surface area contributed by atoms with E-state index in [1.807, 2.05) is 0 Å². The summed E-state index contributed by atoms with van der Waals surface area (Å²) in [6.45, 7) is 1.53. The maximum Gasteiger partial charge on any atom is 0.393 e. The molecule has 2 aliphatic carbocycles. The molecule has 2 aliphatic rings. The normalized spacial score (nSPS) is 20.2. The quantitative estimate of drug-likeness (QED) is 0.790. The monoisotopic (exact) mass is 236 g/mol. The minimum absolute atomic E-state index is 0.428. The summed E-state index contributed by atoms with van der Waals surface area (Å²) in [6, 6.07) is 0.703. The maximum atomic E-state index is 5.51. The van der Waals surface area contributed by atoms with E-state index < -0.39 is 0 Å². The third-order valence-corrected chi connectivity index (χ3v) is 3.66. The van der Waals surface area contributed by atoms with Crippen molar-refractivity contribution in [2.24, 2.45) is 5.92 Å². The SMILES string of the molecule is c1oc(OCCC2CCC2)nc1CNC1CC1. The maximum absolute atomic E-state index is 5.51. The van der Waals surface area contributed by atoms with Crippen LogP contribution in [0.3, 0.4) is 0 Å². The molecule has 0 spiro atoms. The molecule has 0 atom stereocenters. The van der Waals surface area contributed by atoms with Crippen molar-refractivity contribution < 1.29 is 9.15 Å². The average molecular weight is 236 g/mol. The summed E-state index contributed by atoms with van der Waals surface area (Å²) in [7, 11) is 0. The molecule has 3 rings (SSSR count). The Hall–Kier alpha value is -1.03. The lowest BCUT2D eigenvalue weighted by atomic mass is 9.83. The fourth-order valence-corrected chi connectivity index (χ4v) is 2.07. The van der Waals surface area contributed by atoms with E-state index in [0.717, 1.165) is 31.2 Å². The molecule has 4 heteroatoms. The molecule has 1 aromatic heterocycles. The number of aromatic nitrogens is 1. The third kappa shape index (κ3) is 3.22. The van der Waals surface area contributed by atoms with E-state index in [1.165, 1.54) is 32.1 Å². The van der Waals surface area contributed by atoms with Crippen molar-refractivity contribution >= 4 is 0 Å². The minimum atomic E-state index is 0.428. The van der Waals surface area contributed by atoms with Crippen LogP contribution < -0.4 is 10.1 Å². The van der Waals surface area contributed by atoms with Gasteiger partial charge in [0.05, 0.1) is 12.3 Å². The molecule has 0 unspecified atom stereocenters. The van der Waals surface area contributed by atoms with Crippen molar-refractivity contribution in [1.82, 2.24) is 10.3 Å². The lowest BCUT2D eigenvalue weighted by Crippen LogP contribution is -2.15. The highest BCUT2D eigenvalue weighted by atomic mass is 16.6. The summed E-state index contributed by atoms with van der Waals surface area (Å²) in [5.74, 6) is 0.876. The van der Waals surface area contributed by atoms with Crippen molar-refractivity contribution in [2.75, 3.05) is 6.61 Å². The molecule has 94 valence electrons. The Kier molecular flexibility index (Phi) is 3.31. The van der Waals surface area contributed by atoms with Gasteiger partial charge in [0, 0.05) is 12.6 Å². The molecule has 0 radical (unpaired) electrons. The Bertz CT molecular complexity index is 356. The molecule has 2 saturated carbocycles. The van der Waals surface area contributed by atoms with E-state index in [4.69, 9.17) is 9.15 Å². The number of rotatable bonds is 7. The summed E-state index contributed by atoms with van der Waals surface area (Å²) in [4.78, 5) is 4.30. The number of nitrogens with zero attached hydrogens (tertiary/aromatic N) is 1. The van der Waals surface area contributed by atoms with Crippen molar-refractivity contribution in [2.45, 2.75) is 51.1 Å². The van der Waals surface area contributed by atoms with Crippen LogP contribution in [0.15, 0.2) is 10.7 Å². The van der Waals surface area contributed by atoms with Crippen LogP contribution >= 0.6 is 0 Å². The highest BCUT2D eigenvalue weighted by Gasteiger charge is 2.21. The van der Waals surface area contributed by atoms with Crippen LogP contribution in [0.5, 0.6) is 6.08 Å². The van der Waals surface area contributed by atoms with Gasteiger partial charge in [0.2, 0.25) is 0 Å². The molecule has 1 heterocycles. The zero-order valence-electron chi connectivity index (χ0n) is 10.2. The summed E-state index contributed by atoms with van der Waals surface area (Å²) in [6.07, 6.45) is 9.96. The van der Waals surface area contributed by atoms with E-state index in [9.17, 15) is 0 Å². The zero-order valence-corrected chi connectivity index (χ0v) is 10.2. The predicted octanol–water partition coefficient (Wildman–Crippen LogP) is 2.50. The van der Waals surface area contributed by atoms with Gasteiger partial charge in [0.1, 0.15) is 6.26 Å². The molecule has 1 N–H and O–H groups in total. The van der Waals surface area contributed by atoms with Crippen LogP contribution in [0.1, 0.15) is 44.2 Å². The van der Waals surface area contributed by atoms with E-state index in [-0.39, 0.29) is 0 Å². The summed E-state index contributed by atoms with van der Waals surface area (Å²) < 4.78 is 10.8. The van der Waals surface area contributed by atoms with Gasteiger partial charge in [-0.3, -0.25) is 0 Å². The zero-order chi connectivity index (χ0) is 11.5. The second-order valence-corrected chi connectivity index (χ2v) is 5.19. The van der Waals surface area contributed by atoms with Gasteiger partial charge < -0.3 is 14.5 Å². The second kappa shape index (κ2) is 5.08. The minimum Gasteiger partial charge on any atom is -0.450 e. The van der Waals surface area contributed by atoms with Crippen LogP contribution in [0, 0.1) is 5.92 Å².